The van der Waals surface area contributed by atoms with Crippen LogP contribution in [0.2, 0.25) is 0 Å². The summed E-state index contributed by atoms with van der Waals surface area (Å²) in [5, 5.41) is 18.9. The molecule has 2 fully saturated rings. The third kappa shape index (κ3) is 16.7. The standard InChI is InChI=1S/C32H52N6O10/c39-27-47-25-37-10-8-33(4-6-35(23-31(41)42)12-16-45-18-14-37)21-29-2-1-3-30(20-29)22-34-5-7-36(24-32(43)44)13-17-46-19-15-38(11-9-34)26-48-28-40/h1-3,20,27-28H,4-19,21-26H2,(H,41,42)(H,43,44). The molecule has 0 aromatic heterocycles. The van der Waals surface area contributed by atoms with E-state index in [2.05, 4.69) is 28.0 Å². The normalized spacial score (nSPS) is 20.3. The molecule has 16 heteroatoms. The molecule has 0 amide bonds. The predicted molar refractivity (Wildman–Crippen MR) is 174 cm³/mol. The Morgan fingerprint density at radius 1 is 0.583 bits per heavy atom. The number of ether oxygens (including phenoxy) is 4. The molecule has 16 nitrogen and oxygen atoms in total. The number of nitrogens with zero attached hydrogens (tertiary/aromatic N) is 6. The quantitative estimate of drug-likeness (QED) is 0.230. The fraction of sp³-hybridized carbons (Fsp3) is 0.688. The molecule has 0 spiro atoms. The van der Waals surface area contributed by atoms with Crippen LogP contribution in [0.1, 0.15) is 11.1 Å². The number of hydrogen-bond donors (Lipinski definition) is 2. The van der Waals surface area contributed by atoms with Gasteiger partial charge in [-0.3, -0.25) is 48.6 Å². The summed E-state index contributed by atoms with van der Waals surface area (Å²) in [5.74, 6) is -1.75. The Kier molecular flexibility index (Phi) is 18.9. The second kappa shape index (κ2) is 23.2. The molecule has 2 saturated heterocycles. The number of benzene rings is 1. The highest BCUT2D eigenvalue weighted by molar-refractivity contribution is 5.69. The van der Waals surface area contributed by atoms with Crippen LogP contribution < -0.4 is 0 Å². The Morgan fingerprint density at radius 2 is 0.938 bits per heavy atom. The first-order valence-corrected chi connectivity index (χ1v) is 16.5. The van der Waals surface area contributed by atoms with Gasteiger partial charge < -0.3 is 29.2 Å². The molecule has 2 aliphatic heterocycles. The summed E-state index contributed by atoms with van der Waals surface area (Å²) in [4.78, 5) is 57.1. The zero-order chi connectivity index (χ0) is 34.4. The van der Waals surface area contributed by atoms with Gasteiger partial charge in [0.1, 0.15) is 13.5 Å². The van der Waals surface area contributed by atoms with Crippen molar-refractivity contribution in [3.05, 3.63) is 35.4 Å². The minimum absolute atomic E-state index is 0.0581. The molecule has 0 bridgehead atoms. The van der Waals surface area contributed by atoms with Crippen molar-refractivity contribution in [1.82, 2.24) is 29.4 Å². The Labute approximate surface area is 282 Å². The zero-order valence-corrected chi connectivity index (χ0v) is 27.9. The van der Waals surface area contributed by atoms with Crippen molar-refractivity contribution in [2.75, 3.05) is 132 Å². The van der Waals surface area contributed by atoms with Gasteiger partial charge in [-0.2, -0.15) is 0 Å². The Morgan fingerprint density at radius 3 is 1.31 bits per heavy atom. The third-order valence-corrected chi connectivity index (χ3v) is 8.31. The highest BCUT2D eigenvalue weighted by Crippen LogP contribution is 2.13. The Hall–Kier alpha value is -3.22. The second-order valence-electron chi connectivity index (χ2n) is 12.0. The lowest BCUT2D eigenvalue weighted by Crippen LogP contribution is -2.44. The van der Waals surface area contributed by atoms with Crippen LogP contribution in [0.5, 0.6) is 0 Å². The minimum Gasteiger partial charge on any atom is -0.480 e. The van der Waals surface area contributed by atoms with E-state index in [1.807, 2.05) is 25.7 Å². The number of hydrogen-bond acceptors (Lipinski definition) is 14. The van der Waals surface area contributed by atoms with Gasteiger partial charge in [0.25, 0.3) is 12.9 Å². The van der Waals surface area contributed by atoms with E-state index in [1.54, 1.807) is 0 Å². The topological polar surface area (TPSA) is 165 Å². The maximum absolute atomic E-state index is 11.5. The molecule has 0 atom stereocenters. The van der Waals surface area contributed by atoms with E-state index in [1.165, 1.54) is 0 Å². The van der Waals surface area contributed by atoms with E-state index in [0.29, 0.717) is 131 Å². The van der Waals surface area contributed by atoms with Gasteiger partial charge >= 0.3 is 11.9 Å². The van der Waals surface area contributed by atoms with E-state index in [9.17, 15) is 29.4 Å². The largest absolute Gasteiger partial charge is 0.480 e. The van der Waals surface area contributed by atoms with Crippen molar-refractivity contribution >= 4 is 24.9 Å². The number of carboxylic acids is 2. The fourth-order valence-corrected chi connectivity index (χ4v) is 5.67. The van der Waals surface area contributed by atoms with E-state index >= 15 is 0 Å². The number of carboxylic acid groups (broad SMARTS) is 2. The summed E-state index contributed by atoms with van der Waals surface area (Å²) in [5.41, 5.74) is 2.23. The van der Waals surface area contributed by atoms with Crippen LogP contribution >= 0.6 is 0 Å². The second-order valence-corrected chi connectivity index (χ2v) is 12.0. The molecule has 1 aromatic carbocycles. The first kappa shape index (κ1) is 39.2. The van der Waals surface area contributed by atoms with Gasteiger partial charge in [-0.05, 0) is 11.1 Å². The molecule has 0 saturated carbocycles. The molecule has 2 heterocycles. The highest BCUT2D eigenvalue weighted by atomic mass is 16.5. The van der Waals surface area contributed by atoms with Crippen LogP contribution in [-0.2, 0) is 51.2 Å². The molecule has 0 radical (unpaired) electrons. The van der Waals surface area contributed by atoms with Gasteiger partial charge in [0, 0.05) is 91.6 Å². The molecule has 48 heavy (non-hydrogen) atoms. The summed E-state index contributed by atoms with van der Waals surface area (Å²) in [6.07, 6.45) is 0. The molecule has 0 aliphatic carbocycles. The number of rotatable bonds is 14. The van der Waals surface area contributed by atoms with Crippen molar-refractivity contribution in [1.29, 1.82) is 0 Å². The van der Waals surface area contributed by atoms with E-state index in [-0.39, 0.29) is 26.6 Å². The molecule has 0 unspecified atom stereocenters. The molecule has 2 aliphatic rings. The summed E-state index contributed by atoms with van der Waals surface area (Å²) in [6.45, 7) is 11.4. The maximum atomic E-state index is 11.5. The van der Waals surface area contributed by atoms with Crippen LogP contribution in [0.3, 0.4) is 0 Å². The summed E-state index contributed by atoms with van der Waals surface area (Å²) in [6, 6.07) is 8.38. The first-order valence-electron chi connectivity index (χ1n) is 16.5. The fourth-order valence-electron chi connectivity index (χ4n) is 5.67. The van der Waals surface area contributed by atoms with Crippen LogP contribution in [0.25, 0.3) is 0 Å². The zero-order valence-electron chi connectivity index (χ0n) is 27.9. The predicted octanol–water partition coefficient (Wildman–Crippen LogP) is -1.01. The smallest absolute Gasteiger partial charge is 0.317 e. The van der Waals surface area contributed by atoms with Crippen molar-refractivity contribution in [3.8, 4) is 0 Å². The minimum atomic E-state index is -0.876. The summed E-state index contributed by atoms with van der Waals surface area (Å²) in [7, 11) is 0. The van der Waals surface area contributed by atoms with Gasteiger partial charge in [0.15, 0.2) is 0 Å². The summed E-state index contributed by atoms with van der Waals surface area (Å²) < 4.78 is 21.5. The lowest BCUT2D eigenvalue weighted by atomic mass is 10.1. The van der Waals surface area contributed by atoms with E-state index in [4.69, 9.17) is 18.9 Å². The molecule has 2 N–H and O–H groups in total. The van der Waals surface area contributed by atoms with Crippen LogP contribution in [0, 0.1) is 0 Å². The van der Waals surface area contributed by atoms with Crippen molar-refractivity contribution in [2.24, 2.45) is 0 Å². The van der Waals surface area contributed by atoms with Crippen LogP contribution in [0.15, 0.2) is 24.3 Å². The molecular weight excluding hydrogens is 628 g/mol. The Balaban J connectivity index is 1.72. The first-order chi connectivity index (χ1) is 23.3. The Bertz CT molecular complexity index is 1020. The number of carbonyl (C=O) groups excluding carboxylic acids is 2. The van der Waals surface area contributed by atoms with E-state index in [0.717, 1.165) is 11.1 Å². The van der Waals surface area contributed by atoms with Gasteiger partial charge in [0.2, 0.25) is 0 Å². The molecule has 3 rings (SSSR count). The monoisotopic (exact) mass is 680 g/mol. The van der Waals surface area contributed by atoms with Crippen molar-refractivity contribution in [2.45, 2.75) is 13.1 Å². The van der Waals surface area contributed by atoms with Crippen LogP contribution in [0.4, 0.5) is 0 Å². The average Bonchev–Trinajstić information content (AvgIpc) is 3.04. The van der Waals surface area contributed by atoms with Crippen LogP contribution in [-0.4, -0.2) is 196 Å². The maximum Gasteiger partial charge on any atom is 0.317 e. The van der Waals surface area contributed by atoms with Gasteiger partial charge in [0.05, 0.1) is 39.5 Å². The third-order valence-electron chi connectivity index (χ3n) is 8.31. The molecule has 1 aromatic rings. The highest BCUT2D eigenvalue weighted by Gasteiger charge is 2.18. The van der Waals surface area contributed by atoms with Crippen molar-refractivity contribution < 1.29 is 48.3 Å². The molecular formula is C32H52N6O10. The number of aliphatic carboxylic acids is 2. The lowest BCUT2D eigenvalue weighted by molar-refractivity contribution is -0.139. The lowest BCUT2D eigenvalue weighted by Gasteiger charge is -2.31. The SMILES string of the molecule is O=COCN1CCOCCN(CC(=O)O)CCN(Cc2cccc(CN3CCN(COC=O)CCOCCN(CC(=O)O)CC3)c2)CC1. The number of carbonyl (C=O) groups is 4. The van der Waals surface area contributed by atoms with Crippen molar-refractivity contribution in [3.63, 3.8) is 0 Å². The summed E-state index contributed by atoms with van der Waals surface area (Å²) >= 11 is 0. The van der Waals surface area contributed by atoms with E-state index < -0.39 is 11.9 Å². The average molecular weight is 681 g/mol. The van der Waals surface area contributed by atoms with Gasteiger partial charge in [-0.25, -0.2) is 0 Å². The molecule has 270 valence electrons. The van der Waals surface area contributed by atoms with Gasteiger partial charge in [-0.15, -0.1) is 0 Å². The van der Waals surface area contributed by atoms with Gasteiger partial charge in [-0.1, -0.05) is 24.3 Å².